The number of esters is 3. The van der Waals surface area contributed by atoms with Crippen molar-refractivity contribution in [3.05, 3.63) is 97.2 Å². The lowest BCUT2D eigenvalue weighted by Gasteiger charge is -2.18. The molecule has 0 heterocycles. The molecule has 6 nitrogen and oxygen atoms in total. The van der Waals surface area contributed by atoms with Gasteiger partial charge in [-0.1, -0.05) is 189 Å². The molecule has 0 spiro atoms. The van der Waals surface area contributed by atoms with E-state index in [4.69, 9.17) is 14.2 Å². The summed E-state index contributed by atoms with van der Waals surface area (Å²) in [5, 5.41) is 0. The van der Waals surface area contributed by atoms with Crippen LogP contribution in [0.2, 0.25) is 0 Å². The van der Waals surface area contributed by atoms with Gasteiger partial charge in [-0.05, 0) is 83.5 Å². The molecule has 0 rings (SSSR count). The summed E-state index contributed by atoms with van der Waals surface area (Å²) in [5.74, 6) is -0.948. The van der Waals surface area contributed by atoms with E-state index in [9.17, 15) is 14.4 Å². The van der Waals surface area contributed by atoms with Crippen LogP contribution in [0.4, 0.5) is 0 Å². The number of hydrogen-bond acceptors (Lipinski definition) is 6. The van der Waals surface area contributed by atoms with Crippen molar-refractivity contribution in [1.82, 2.24) is 0 Å². The molecule has 0 aromatic heterocycles. The number of hydrogen-bond donors (Lipinski definition) is 0. The van der Waals surface area contributed by atoms with Gasteiger partial charge in [0.25, 0.3) is 0 Å². The molecule has 0 aliphatic rings. The normalized spacial score (nSPS) is 12.9. The molecule has 1 unspecified atom stereocenters. The van der Waals surface area contributed by atoms with Gasteiger partial charge in [-0.3, -0.25) is 14.4 Å². The molecule has 0 aromatic rings. The summed E-state index contributed by atoms with van der Waals surface area (Å²) in [5.41, 5.74) is 0. The fourth-order valence-corrected chi connectivity index (χ4v) is 5.87. The third-order valence-electron chi connectivity index (χ3n) is 9.35. The zero-order chi connectivity index (χ0) is 42.3. The first-order valence-corrected chi connectivity index (χ1v) is 23.2. The minimum absolute atomic E-state index is 0.0872. The van der Waals surface area contributed by atoms with E-state index in [0.29, 0.717) is 19.3 Å². The lowest BCUT2D eigenvalue weighted by molar-refractivity contribution is -0.167. The van der Waals surface area contributed by atoms with Gasteiger partial charge in [0.2, 0.25) is 0 Å². The first kappa shape index (κ1) is 54.3. The molecule has 0 aliphatic heterocycles. The Morgan fingerprint density at radius 2 is 0.672 bits per heavy atom. The molecule has 328 valence electrons. The van der Waals surface area contributed by atoms with Crippen molar-refractivity contribution in [3.8, 4) is 0 Å². The molecule has 0 aromatic carbocycles. The summed E-state index contributed by atoms with van der Waals surface area (Å²) in [4.78, 5) is 37.2. The smallest absolute Gasteiger partial charge is 0.306 e. The molecule has 0 fully saturated rings. The summed E-state index contributed by atoms with van der Waals surface area (Å²) in [7, 11) is 0. The first-order chi connectivity index (χ1) is 28.5. The number of carbonyl (C=O) groups is 3. The fraction of sp³-hybridized carbons (Fsp3) is 0.635. The molecule has 0 amide bonds. The zero-order valence-electron chi connectivity index (χ0n) is 37.3. The van der Waals surface area contributed by atoms with Crippen molar-refractivity contribution in [2.24, 2.45) is 0 Å². The standard InChI is InChI=1S/C52H84O6/c1-4-7-10-13-15-16-17-18-19-20-21-22-23-24-25-26-27-28-29-30-31-32-33-34-35-36-37-40-42-45-51(54)57-48-49(47-56-50(53)44-41-38-12-9-6-3)58-52(55)46-43-39-14-11-8-5-2/h7,10,15-16,18-19,21-22,24-25,27-28,30-31,33-34,49H,4-6,8-9,11-14,17,20,23,26,29,32,35-48H2,1-3H3/b10-7-,16-15-,19-18-,22-21-,25-24-,28-27-,31-30-,34-33-. The predicted molar refractivity (Wildman–Crippen MR) is 247 cm³/mol. The van der Waals surface area contributed by atoms with Crippen LogP contribution in [-0.4, -0.2) is 37.2 Å². The van der Waals surface area contributed by atoms with E-state index in [1.165, 1.54) is 25.7 Å². The van der Waals surface area contributed by atoms with Crippen LogP contribution in [0, 0.1) is 0 Å². The summed E-state index contributed by atoms with van der Waals surface area (Å²) in [6.45, 7) is 6.32. The Hall–Kier alpha value is -3.67. The highest BCUT2D eigenvalue weighted by Crippen LogP contribution is 2.12. The van der Waals surface area contributed by atoms with E-state index in [0.717, 1.165) is 128 Å². The Kier molecular flexibility index (Phi) is 43.1. The number of ether oxygens (including phenoxy) is 3. The van der Waals surface area contributed by atoms with Crippen molar-refractivity contribution >= 4 is 17.9 Å². The number of carbonyl (C=O) groups excluding carboxylic acids is 3. The predicted octanol–water partition coefficient (Wildman–Crippen LogP) is 15.0. The SMILES string of the molecule is CC/C=C\C/C=C\C/C=C\C/C=C\C/C=C\C/C=C\C/C=C\C/C=C\CCCCCCC(=O)OCC(COC(=O)CCCCCCC)OC(=O)CCCCCCCC. The molecule has 6 heteroatoms. The average molecular weight is 805 g/mol. The van der Waals surface area contributed by atoms with Crippen LogP contribution in [0.5, 0.6) is 0 Å². The highest BCUT2D eigenvalue weighted by atomic mass is 16.6. The van der Waals surface area contributed by atoms with Crippen LogP contribution < -0.4 is 0 Å². The van der Waals surface area contributed by atoms with Crippen LogP contribution in [0.1, 0.15) is 194 Å². The lowest BCUT2D eigenvalue weighted by Crippen LogP contribution is -2.30. The van der Waals surface area contributed by atoms with Crippen LogP contribution >= 0.6 is 0 Å². The quantitative estimate of drug-likeness (QED) is 0.0266. The van der Waals surface area contributed by atoms with Crippen molar-refractivity contribution < 1.29 is 28.6 Å². The largest absolute Gasteiger partial charge is 0.462 e. The zero-order valence-corrected chi connectivity index (χ0v) is 37.3. The van der Waals surface area contributed by atoms with Crippen molar-refractivity contribution in [1.29, 1.82) is 0 Å². The minimum Gasteiger partial charge on any atom is -0.462 e. The highest BCUT2D eigenvalue weighted by molar-refractivity contribution is 5.71. The Bertz CT molecular complexity index is 1200. The van der Waals surface area contributed by atoms with Gasteiger partial charge in [-0.15, -0.1) is 0 Å². The minimum atomic E-state index is -0.779. The second-order valence-corrected chi connectivity index (χ2v) is 14.9. The average Bonchev–Trinajstić information content (AvgIpc) is 3.22. The maximum atomic E-state index is 12.5. The first-order valence-electron chi connectivity index (χ1n) is 23.2. The van der Waals surface area contributed by atoms with E-state index in [-0.39, 0.29) is 31.1 Å². The lowest BCUT2D eigenvalue weighted by atomic mass is 10.1. The van der Waals surface area contributed by atoms with Gasteiger partial charge in [0.05, 0.1) is 0 Å². The van der Waals surface area contributed by atoms with Crippen LogP contribution in [0.3, 0.4) is 0 Å². The molecule has 0 saturated heterocycles. The number of unbranched alkanes of at least 4 members (excludes halogenated alkanes) is 13. The van der Waals surface area contributed by atoms with E-state index in [1.807, 2.05) is 0 Å². The van der Waals surface area contributed by atoms with Crippen LogP contribution in [-0.2, 0) is 28.6 Å². The second-order valence-electron chi connectivity index (χ2n) is 14.9. The third kappa shape index (κ3) is 43.5. The molecule has 0 radical (unpaired) electrons. The van der Waals surface area contributed by atoms with Crippen molar-refractivity contribution in [2.75, 3.05) is 13.2 Å². The monoisotopic (exact) mass is 805 g/mol. The van der Waals surface area contributed by atoms with Crippen LogP contribution in [0.25, 0.3) is 0 Å². The Balaban J connectivity index is 4.07. The maximum Gasteiger partial charge on any atom is 0.306 e. The molecule has 0 bridgehead atoms. The van der Waals surface area contributed by atoms with E-state index in [2.05, 4.69) is 118 Å². The Morgan fingerprint density at radius 1 is 0.362 bits per heavy atom. The molecule has 1 atom stereocenters. The van der Waals surface area contributed by atoms with Crippen molar-refractivity contribution in [2.45, 2.75) is 200 Å². The summed E-state index contributed by atoms with van der Waals surface area (Å²) in [6, 6.07) is 0. The van der Waals surface area contributed by atoms with Gasteiger partial charge in [0, 0.05) is 19.3 Å². The maximum absolute atomic E-state index is 12.5. The molecular formula is C52H84O6. The fourth-order valence-electron chi connectivity index (χ4n) is 5.87. The highest BCUT2D eigenvalue weighted by Gasteiger charge is 2.19. The van der Waals surface area contributed by atoms with Gasteiger partial charge >= 0.3 is 17.9 Å². The van der Waals surface area contributed by atoms with Gasteiger partial charge < -0.3 is 14.2 Å². The Labute approximate surface area is 356 Å². The second kappa shape index (κ2) is 46.0. The van der Waals surface area contributed by atoms with Gasteiger partial charge in [-0.25, -0.2) is 0 Å². The van der Waals surface area contributed by atoms with E-state index >= 15 is 0 Å². The molecular weight excluding hydrogens is 721 g/mol. The van der Waals surface area contributed by atoms with E-state index < -0.39 is 6.10 Å². The topological polar surface area (TPSA) is 78.9 Å². The molecule has 0 aliphatic carbocycles. The number of allylic oxidation sites excluding steroid dienone is 16. The summed E-state index contributed by atoms with van der Waals surface area (Å²) < 4.78 is 16.5. The van der Waals surface area contributed by atoms with E-state index in [1.54, 1.807) is 0 Å². The Morgan fingerprint density at radius 3 is 1.05 bits per heavy atom. The molecule has 58 heavy (non-hydrogen) atoms. The van der Waals surface area contributed by atoms with Crippen LogP contribution in [0.15, 0.2) is 97.2 Å². The van der Waals surface area contributed by atoms with Gasteiger partial charge in [0.1, 0.15) is 13.2 Å². The summed E-state index contributed by atoms with van der Waals surface area (Å²) in [6.07, 6.45) is 60.3. The van der Waals surface area contributed by atoms with Gasteiger partial charge in [0.15, 0.2) is 6.10 Å². The molecule has 0 N–H and O–H groups in total. The summed E-state index contributed by atoms with van der Waals surface area (Å²) >= 11 is 0. The van der Waals surface area contributed by atoms with Gasteiger partial charge in [-0.2, -0.15) is 0 Å². The third-order valence-corrected chi connectivity index (χ3v) is 9.35. The van der Waals surface area contributed by atoms with Crippen molar-refractivity contribution in [3.63, 3.8) is 0 Å². The number of rotatable bonds is 40. The molecule has 0 saturated carbocycles.